The molecule has 1 aliphatic carbocycles. The summed E-state index contributed by atoms with van der Waals surface area (Å²) < 4.78 is 5.19. The number of hydrogen-bond donors (Lipinski definition) is 2. The average Bonchev–Trinajstić information content (AvgIpc) is 2.95. The second-order valence-corrected chi connectivity index (χ2v) is 6.49. The summed E-state index contributed by atoms with van der Waals surface area (Å²) in [4.78, 5) is 14.8. The van der Waals surface area contributed by atoms with E-state index in [1.807, 2.05) is 0 Å². The summed E-state index contributed by atoms with van der Waals surface area (Å²) in [7, 11) is 1.43. The van der Waals surface area contributed by atoms with Gasteiger partial charge in [0.05, 0.1) is 17.5 Å². The van der Waals surface area contributed by atoms with Gasteiger partial charge < -0.3 is 15.2 Å². The van der Waals surface area contributed by atoms with E-state index in [0.29, 0.717) is 12.6 Å². The first-order valence-corrected chi connectivity index (χ1v) is 8.33. The lowest BCUT2D eigenvalue weighted by Crippen LogP contribution is -2.41. The highest BCUT2D eigenvalue weighted by Gasteiger charge is 2.33. The molecule has 124 valence electrons. The van der Waals surface area contributed by atoms with Crippen molar-refractivity contribution in [3.05, 3.63) is 22.1 Å². The molecule has 0 aromatic rings. The molecule has 0 saturated carbocycles. The van der Waals surface area contributed by atoms with Crippen molar-refractivity contribution in [1.29, 1.82) is 0 Å². The highest BCUT2D eigenvalue weighted by Crippen LogP contribution is 2.34. The van der Waals surface area contributed by atoms with E-state index in [4.69, 9.17) is 27.9 Å². The van der Waals surface area contributed by atoms with Gasteiger partial charge in [-0.15, -0.1) is 11.6 Å². The maximum atomic E-state index is 12.4. The predicted molar refractivity (Wildman–Crippen MR) is 87.1 cm³/mol. The first-order valence-electron chi connectivity index (χ1n) is 7.52. The number of carbonyl (C=O) groups excluding carboxylic acids is 1. The molecule has 0 aromatic heterocycles. The number of alkyl halides is 1. The zero-order valence-corrected chi connectivity index (χ0v) is 14.4. The molecule has 22 heavy (non-hydrogen) atoms. The van der Waals surface area contributed by atoms with Crippen LogP contribution in [-0.4, -0.2) is 54.1 Å². The number of methoxy groups -OCH3 is 1. The van der Waals surface area contributed by atoms with Crippen LogP contribution in [0.15, 0.2) is 22.1 Å². The number of halogens is 2. The zero-order valence-electron chi connectivity index (χ0n) is 12.9. The van der Waals surface area contributed by atoms with Crippen molar-refractivity contribution in [3.63, 3.8) is 0 Å². The molecule has 0 aromatic carbocycles. The molecule has 7 heteroatoms. The molecule has 1 heterocycles. The van der Waals surface area contributed by atoms with Crippen molar-refractivity contribution in [2.75, 3.05) is 26.7 Å². The number of aliphatic hydroxyl groups is 1. The van der Waals surface area contributed by atoms with E-state index >= 15 is 0 Å². The summed E-state index contributed by atoms with van der Waals surface area (Å²) in [6, 6.07) is 0.331. The van der Waals surface area contributed by atoms with E-state index in [1.54, 1.807) is 0 Å². The predicted octanol–water partition coefficient (Wildman–Crippen LogP) is 2.51. The molecule has 2 atom stereocenters. The Morgan fingerprint density at radius 1 is 1.55 bits per heavy atom. The van der Waals surface area contributed by atoms with Crippen LogP contribution in [0.25, 0.3) is 0 Å². The van der Waals surface area contributed by atoms with Crippen molar-refractivity contribution in [2.24, 2.45) is 0 Å². The third-order valence-electron chi connectivity index (χ3n) is 4.23. The molecule has 2 aliphatic rings. The zero-order chi connectivity index (χ0) is 16.3. The van der Waals surface area contributed by atoms with Gasteiger partial charge in [0.1, 0.15) is 17.1 Å². The third kappa shape index (κ3) is 3.53. The number of likely N-dealkylation sites (N-methyl/N-ethyl adjacent to an activating group) is 1. The van der Waals surface area contributed by atoms with E-state index < -0.39 is 11.3 Å². The molecule has 0 bridgehead atoms. The fourth-order valence-corrected chi connectivity index (χ4v) is 3.73. The highest BCUT2D eigenvalue weighted by atomic mass is 35.5. The largest absolute Gasteiger partial charge is 0.506 e. The Hall–Kier alpha value is -0.910. The van der Waals surface area contributed by atoms with Crippen LogP contribution in [0.1, 0.15) is 26.2 Å². The van der Waals surface area contributed by atoms with E-state index in [9.17, 15) is 9.90 Å². The van der Waals surface area contributed by atoms with E-state index in [-0.39, 0.29) is 28.5 Å². The molecule has 2 N–H and O–H groups in total. The minimum absolute atomic E-state index is 0.0415. The fraction of sp³-hybridized carbons (Fsp3) is 0.667. The van der Waals surface area contributed by atoms with Gasteiger partial charge in [0.25, 0.3) is 5.91 Å². The molecule has 1 saturated heterocycles. The number of allylic oxidation sites excluding steroid dienone is 2. The number of carbonyl (C=O) groups is 1. The van der Waals surface area contributed by atoms with Crippen LogP contribution < -0.4 is 5.32 Å². The molecular formula is C15H22Cl2N2O3. The minimum Gasteiger partial charge on any atom is -0.506 e. The van der Waals surface area contributed by atoms with E-state index in [1.165, 1.54) is 7.11 Å². The van der Waals surface area contributed by atoms with Gasteiger partial charge in [-0.25, -0.2) is 0 Å². The lowest BCUT2D eigenvalue weighted by atomic mass is 10.0. The van der Waals surface area contributed by atoms with Gasteiger partial charge in [0.15, 0.2) is 0 Å². The third-order valence-corrected chi connectivity index (χ3v) is 4.92. The van der Waals surface area contributed by atoms with Crippen molar-refractivity contribution >= 4 is 29.1 Å². The van der Waals surface area contributed by atoms with Crippen LogP contribution in [0.4, 0.5) is 0 Å². The molecule has 1 aliphatic heterocycles. The second kappa shape index (κ2) is 7.57. The van der Waals surface area contributed by atoms with Crippen molar-refractivity contribution in [1.82, 2.24) is 10.2 Å². The summed E-state index contributed by atoms with van der Waals surface area (Å²) in [6.07, 6.45) is 2.45. The smallest absolute Gasteiger partial charge is 0.258 e. The monoisotopic (exact) mass is 348 g/mol. The summed E-state index contributed by atoms with van der Waals surface area (Å²) in [5, 5.41) is 12.6. The number of nitrogens with one attached hydrogen (secondary N) is 1. The lowest BCUT2D eigenvalue weighted by Gasteiger charge is -2.25. The Balaban J connectivity index is 2.10. The molecule has 1 fully saturated rings. The summed E-state index contributed by atoms with van der Waals surface area (Å²) in [5.74, 6) is -0.382. The average molecular weight is 349 g/mol. The Morgan fingerprint density at radius 2 is 2.27 bits per heavy atom. The summed E-state index contributed by atoms with van der Waals surface area (Å²) in [5.41, 5.74) is 0.0415. The number of hydrogen-bond acceptors (Lipinski definition) is 4. The van der Waals surface area contributed by atoms with Crippen molar-refractivity contribution in [3.8, 4) is 0 Å². The molecule has 1 amide bonds. The van der Waals surface area contributed by atoms with Gasteiger partial charge >= 0.3 is 0 Å². The number of ether oxygens (including phenoxy) is 1. The van der Waals surface area contributed by atoms with Crippen LogP contribution in [0, 0.1) is 0 Å². The van der Waals surface area contributed by atoms with Gasteiger partial charge in [-0.2, -0.15) is 0 Å². The molecule has 2 unspecified atom stereocenters. The highest BCUT2D eigenvalue weighted by molar-refractivity contribution is 6.32. The Labute approximate surface area is 140 Å². The molecule has 5 nitrogen and oxygen atoms in total. The van der Waals surface area contributed by atoms with Crippen LogP contribution in [0.3, 0.4) is 0 Å². The van der Waals surface area contributed by atoms with Gasteiger partial charge in [-0.05, 0) is 25.9 Å². The maximum absolute atomic E-state index is 12.4. The number of rotatable bonds is 5. The first-order chi connectivity index (χ1) is 10.5. The fourth-order valence-electron chi connectivity index (χ4n) is 3.05. The summed E-state index contributed by atoms with van der Waals surface area (Å²) >= 11 is 12.1. The van der Waals surface area contributed by atoms with E-state index in [2.05, 4.69) is 17.1 Å². The van der Waals surface area contributed by atoms with Crippen molar-refractivity contribution in [2.45, 2.75) is 37.6 Å². The Bertz CT molecular complexity index is 505. The van der Waals surface area contributed by atoms with Crippen LogP contribution in [0.2, 0.25) is 0 Å². The molecule has 0 spiro atoms. The first kappa shape index (κ1) is 17.4. The lowest BCUT2D eigenvalue weighted by molar-refractivity contribution is -0.118. The molecule has 2 rings (SSSR count). The Kier molecular flexibility index (Phi) is 6.01. The van der Waals surface area contributed by atoms with Crippen molar-refractivity contribution < 1.29 is 14.6 Å². The standard InChI is InChI=1S/C15H22Cl2N2O3/c1-3-19-6-4-5-9(19)8-18-15(21)12-13(20)10(16)7-11(17)14(12)22-2/h9,11,20H,3-8H2,1-2H3,(H,18,21). The quantitative estimate of drug-likeness (QED) is 0.749. The second-order valence-electron chi connectivity index (χ2n) is 5.50. The molecular weight excluding hydrogens is 327 g/mol. The SMILES string of the molecule is CCN1CCCC1CNC(=O)C1=C(OC)C(Cl)CC(Cl)=C1O. The normalized spacial score (nSPS) is 26.5. The van der Waals surface area contributed by atoms with Crippen LogP contribution in [0.5, 0.6) is 0 Å². The molecule has 0 radical (unpaired) electrons. The number of amides is 1. The topological polar surface area (TPSA) is 61.8 Å². The van der Waals surface area contributed by atoms with E-state index in [0.717, 1.165) is 25.9 Å². The van der Waals surface area contributed by atoms with Gasteiger partial charge in [-0.1, -0.05) is 18.5 Å². The Morgan fingerprint density at radius 3 is 2.91 bits per heavy atom. The number of aliphatic hydroxyl groups excluding tert-OH is 1. The maximum Gasteiger partial charge on any atom is 0.258 e. The number of likely N-dealkylation sites (tertiary alicyclic amines) is 1. The van der Waals surface area contributed by atoms with Crippen LogP contribution >= 0.6 is 23.2 Å². The number of nitrogens with zero attached hydrogens (tertiary/aromatic N) is 1. The van der Waals surface area contributed by atoms with Gasteiger partial charge in [-0.3, -0.25) is 9.69 Å². The minimum atomic E-state index is -0.548. The van der Waals surface area contributed by atoms with Crippen LogP contribution in [-0.2, 0) is 9.53 Å². The van der Waals surface area contributed by atoms with Gasteiger partial charge in [0, 0.05) is 19.0 Å². The summed E-state index contributed by atoms with van der Waals surface area (Å²) in [6.45, 7) is 4.67. The van der Waals surface area contributed by atoms with Gasteiger partial charge in [0.2, 0.25) is 0 Å².